The molecule has 2 rings (SSSR count). The number of halogens is 1. The van der Waals surface area contributed by atoms with Crippen LogP contribution in [0.1, 0.15) is 18.1 Å². The summed E-state index contributed by atoms with van der Waals surface area (Å²) in [5.74, 6) is 0. The van der Waals surface area contributed by atoms with Gasteiger partial charge >= 0.3 is 0 Å². The lowest BCUT2D eigenvalue weighted by Crippen LogP contribution is -2.16. The van der Waals surface area contributed by atoms with Crippen molar-refractivity contribution >= 4 is 23.0 Å². The zero-order valence-electron chi connectivity index (χ0n) is 11.4. The highest BCUT2D eigenvalue weighted by Gasteiger charge is 2.06. The van der Waals surface area contributed by atoms with Crippen molar-refractivity contribution in [2.45, 2.75) is 19.9 Å². The lowest BCUT2D eigenvalue weighted by atomic mass is 10.1. The smallest absolute Gasteiger partial charge is 0.0476 e. The number of rotatable bonds is 4. The molecule has 0 fully saturated rings. The molecule has 0 heterocycles. The molecule has 2 nitrogen and oxygen atoms in total. The van der Waals surface area contributed by atoms with Gasteiger partial charge in [-0.3, -0.25) is 0 Å². The summed E-state index contributed by atoms with van der Waals surface area (Å²) in [6.07, 6.45) is 1.06. The van der Waals surface area contributed by atoms with Gasteiger partial charge in [-0.1, -0.05) is 36.7 Å². The fourth-order valence-electron chi connectivity index (χ4n) is 2.02. The van der Waals surface area contributed by atoms with Crippen molar-refractivity contribution in [1.82, 2.24) is 0 Å². The first-order chi connectivity index (χ1) is 9.10. The van der Waals surface area contributed by atoms with Crippen molar-refractivity contribution in [3.05, 3.63) is 58.6 Å². The summed E-state index contributed by atoms with van der Waals surface area (Å²) in [4.78, 5) is 2.18. The first-order valence-electron chi connectivity index (χ1n) is 6.44. The van der Waals surface area contributed by atoms with Gasteiger partial charge in [0.15, 0.2) is 0 Å². The van der Waals surface area contributed by atoms with Gasteiger partial charge in [0, 0.05) is 30.0 Å². The Labute approximate surface area is 119 Å². The minimum absolute atomic E-state index is 0.698. The zero-order chi connectivity index (χ0) is 13.8. The molecule has 0 saturated heterocycles. The Morgan fingerprint density at radius 3 is 2.37 bits per heavy atom. The fraction of sp³-hybridized carbons (Fsp3) is 0.250. The van der Waals surface area contributed by atoms with E-state index < -0.39 is 0 Å². The second-order valence-electron chi connectivity index (χ2n) is 4.73. The molecular weight excluding hydrogens is 256 g/mol. The average molecular weight is 275 g/mol. The SMILES string of the molecule is CCc1ccc(N(C)Cc2ccc(N)cc2Cl)cc1. The van der Waals surface area contributed by atoms with Crippen LogP contribution in [-0.2, 0) is 13.0 Å². The normalized spacial score (nSPS) is 10.5. The van der Waals surface area contributed by atoms with Crippen LogP contribution in [0.5, 0.6) is 0 Å². The van der Waals surface area contributed by atoms with Crippen molar-refractivity contribution in [3.63, 3.8) is 0 Å². The van der Waals surface area contributed by atoms with Gasteiger partial charge in [-0.05, 0) is 41.8 Å². The van der Waals surface area contributed by atoms with Crippen LogP contribution in [0.2, 0.25) is 5.02 Å². The monoisotopic (exact) mass is 274 g/mol. The fourth-order valence-corrected chi connectivity index (χ4v) is 2.27. The van der Waals surface area contributed by atoms with Gasteiger partial charge < -0.3 is 10.6 Å². The van der Waals surface area contributed by atoms with Crippen LogP contribution in [0.15, 0.2) is 42.5 Å². The first-order valence-corrected chi connectivity index (χ1v) is 6.82. The van der Waals surface area contributed by atoms with Gasteiger partial charge in [-0.2, -0.15) is 0 Å². The number of nitrogen functional groups attached to an aromatic ring is 1. The summed E-state index contributed by atoms with van der Waals surface area (Å²) in [5, 5.41) is 0.719. The molecule has 0 unspecified atom stereocenters. The van der Waals surface area contributed by atoms with Crippen LogP contribution in [0, 0.1) is 0 Å². The van der Waals surface area contributed by atoms with E-state index in [1.807, 2.05) is 12.1 Å². The summed E-state index contributed by atoms with van der Waals surface area (Å²) in [5.41, 5.74) is 10.0. The number of hydrogen-bond donors (Lipinski definition) is 1. The maximum absolute atomic E-state index is 6.20. The van der Waals surface area contributed by atoms with E-state index in [2.05, 4.69) is 43.1 Å². The number of anilines is 2. The van der Waals surface area contributed by atoms with E-state index in [4.69, 9.17) is 17.3 Å². The Morgan fingerprint density at radius 2 is 1.79 bits per heavy atom. The van der Waals surface area contributed by atoms with E-state index in [0.717, 1.165) is 23.6 Å². The van der Waals surface area contributed by atoms with Gasteiger partial charge in [-0.15, -0.1) is 0 Å². The number of aryl methyl sites for hydroxylation is 1. The van der Waals surface area contributed by atoms with Crippen LogP contribution in [0.25, 0.3) is 0 Å². The van der Waals surface area contributed by atoms with Gasteiger partial charge in [0.2, 0.25) is 0 Å². The molecular formula is C16H19ClN2. The van der Waals surface area contributed by atoms with Gasteiger partial charge in [0.25, 0.3) is 0 Å². The summed E-state index contributed by atoms with van der Waals surface area (Å²) >= 11 is 6.20. The summed E-state index contributed by atoms with van der Waals surface area (Å²) < 4.78 is 0. The molecule has 0 aromatic heterocycles. The Kier molecular flexibility index (Phi) is 4.33. The third-order valence-electron chi connectivity index (χ3n) is 3.27. The van der Waals surface area contributed by atoms with Gasteiger partial charge in [-0.25, -0.2) is 0 Å². The van der Waals surface area contributed by atoms with Crippen molar-refractivity contribution < 1.29 is 0 Å². The second kappa shape index (κ2) is 5.98. The van der Waals surface area contributed by atoms with Crippen LogP contribution in [-0.4, -0.2) is 7.05 Å². The Bertz CT molecular complexity index is 549. The molecule has 0 amide bonds. The maximum Gasteiger partial charge on any atom is 0.0476 e. The van der Waals surface area contributed by atoms with Crippen LogP contribution in [0.4, 0.5) is 11.4 Å². The molecule has 0 radical (unpaired) electrons. The van der Waals surface area contributed by atoms with Crippen LogP contribution < -0.4 is 10.6 Å². The Morgan fingerprint density at radius 1 is 1.11 bits per heavy atom. The van der Waals surface area contributed by atoms with Crippen molar-refractivity contribution in [3.8, 4) is 0 Å². The maximum atomic E-state index is 6.20. The summed E-state index contributed by atoms with van der Waals surface area (Å²) in [6, 6.07) is 14.3. The van der Waals surface area contributed by atoms with Crippen molar-refractivity contribution in [2.75, 3.05) is 17.7 Å². The predicted octanol–water partition coefficient (Wildman–Crippen LogP) is 4.12. The zero-order valence-corrected chi connectivity index (χ0v) is 12.1. The Hall–Kier alpha value is -1.67. The lowest BCUT2D eigenvalue weighted by Gasteiger charge is -2.20. The van der Waals surface area contributed by atoms with Crippen LogP contribution >= 0.6 is 11.6 Å². The van der Waals surface area contributed by atoms with Crippen molar-refractivity contribution in [1.29, 1.82) is 0 Å². The number of nitrogens with zero attached hydrogens (tertiary/aromatic N) is 1. The highest BCUT2D eigenvalue weighted by atomic mass is 35.5. The third-order valence-corrected chi connectivity index (χ3v) is 3.62. The molecule has 0 spiro atoms. The minimum atomic E-state index is 0.698. The lowest BCUT2D eigenvalue weighted by molar-refractivity contribution is 0.922. The molecule has 0 bridgehead atoms. The molecule has 0 aliphatic rings. The second-order valence-corrected chi connectivity index (χ2v) is 5.13. The van der Waals surface area contributed by atoms with E-state index in [0.29, 0.717) is 5.69 Å². The highest BCUT2D eigenvalue weighted by molar-refractivity contribution is 6.31. The van der Waals surface area contributed by atoms with E-state index in [9.17, 15) is 0 Å². The first kappa shape index (κ1) is 13.8. The molecule has 2 N–H and O–H groups in total. The third kappa shape index (κ3) is 3.42. The molecule has 0 atom stereocenters. The largest absolute Gasteiger partial charge is 0.399 e. The molecule has 0 aliphatic heterocycles. The summed E-state index contributed by atoms with van der Waals surface area (Å²) in [7, 11) is 2.06. The number of nitrogens with two attached hydrogens (primary N) is 1. The molecule has 100 valence electrons. The van der Waals surface area contributed by atoms with E-state index in [-0.39, 0.29) is 0 Å². The van der Waals surface area contributed by atoms with Gasteiger partial charge in [0.05, 0.1) is 0 Å². The summed E-state index contributed by atoms with van der Waals surface area (Å²) in [6.45, 7) is 2.93. The van der Waals surface area contributed by atoms with Gasteiger partial charge in [0.1, 0.15) is 0 Å². The quantitative estimate of drug-likeness (QED) is 0.850. The minimum Gasteiger partial charge on any atom is -0.399 e. The average Bonchev–Trinajstić information content (AvgIpc) is 2.42. The van der Waals surface area contributed by atoms with Crippen molar-refractivity contribution in [2.24, 2.45) is 0 Å². The topological polar surface area (TPSA) is 29.3 Å². The van der Waals surface area contributed by atoms with E-state index in [1.165, 1.54) is 11.3 Å². The molecule has 2 aromatic rings. The number of hydrogen-bond acceptors (Lipinski definition) is 2. The number of benzene rings is 2. The molecule has 2 aromatic carbocycles. The highest BCUT2D eigenvalue weighted by Crippen LogP contribution is 2.23. The van der Waals surface area contributed by atoms with E-state index in [1.54, 1.807) is 6.07 Å². The molecule has 3 heteroatoms. The Balaban J connectivity index is 2.13. The van der Waals surface area contributed by atoms with E-state index >= 15 is 0 Å². The molecule has 0 saturated carbocycles. The van der Waals surface area contributed by atoms with Crippen LogP contribution in [0.3, 0.4) is 0 Å². The molecule has 19 heavy (non-hydrogen) atoms. The molecule has 0 aliphatic carbocycles. The standard InChI is InChI=1S/C16H19ClN2/c1-3-12-4-8-15(9-5-12)19(2)11-13-6-7-14(18)10-16(13)17/h4-10H,3,11,18H2,1-2H3. The predicted molar refractivity (Wildman–Crippen MR) is 83.8 cm³/mol.